The van der Waals surface area contributed by atoms with Crippen LogP contribution in [-0.4, -0.2) is 32.4 Å². The van der Waals surface area contributed by atoms with Crippen LogP contribution in [0.5, 0.6) is 5.75 Å². The van der Waals surface area contributed by atoms with Crippen molar-refractivity contribution in [2.24, 2.45) is 5.92 Å². The molecule has 2 fully saturated rings. The van der Waals surface area contributed by atoms with Crippen molar-refractivity contribution in [1.29, 1.82) is 5.26 Å². The molecule has 32 heavy (non-hydrogen) atoms. The van der Waals surface area contributed by atoms with Gasteiger partial charge >= 0.3 is 0 Å². The number of nitriles is 1. The van der Waals surface area contributed by atoms with E-state index in [9.17, 15) is 0 Å². The summed E-state index contributed by atoms with van der Waals surface area (Å²) in [5.74, 6) is 0.699. The number of hydrogen-bond donors (Lipinski definition) is 0. The second-order valence-corrected chi connectivity index (χ2v) is 8.74. The molecule has 2 heterocycles. The molecule has 0 saturated carbocycles. The Hall–Kier alpha value is -2.39. The molecule has 2 aromatic carbocycles. The van der Waals surface area contributed by atoms with Gasteiger partial charge in [0.05, 0.1) is 38.1 Å². The predicted molar refractivity (Wildman–Crippen MR) is 123 cm³/mol. The molecule has 170 valence electrons. The maximum absolute atomic E-state index is 8.91. The Bertz CT molecular complexity index is 856. The molecule has 2 saturated heterocycles. The lowest BCUT2D eigenvalue weighted by Crippen LogP contribution is -2.43. The minimum atomic E-state index is -0.708. The van der Waals surface area contributed by atoms with Gasteiger partial charge in [-0.3, -0.25) is 0 Å². The van der Waals surface area contributed by atoms with Gasteiger partial charge in [-0.1, -0.05) is 49.9 Å². The number of nitrogens with zero attached hydrogens (tertiary/aromatic N) is 1. The average Bonchev–Trinajstić information content (AvgIpc) is 3.30. The van der Waals surface area contributed by atoms with Gasteiger partial charge in [-0.25, -0.2) is 0 Å². The zero-order valence-corrected chi connectivity index (χ0v) is 18.8. The van der Waals surface area contributed by atoms with Gasteiger partial charge in [0.25, 0.3) is 5.97 Å². The first-order valence-corrected chi connectivity index (χ1v) is 11.9. The van der Waals surface area contributed by atoms with Gasteiger partial charge in [-0.15, -0.1) is 0 Å². The molecule has 5 heteroatoms. The molecular formula is C27H33NO4. The Morgan fingerprint density at radius 1 is 0.844 bits per heavy atom. The average molecular weight is 436 g/mol. The maximum Gasteiger partial charge on any atom is 0.282 e. The Balaban J connectivity index is 1.04. The van der Waals surface area contributed by atoms with Crippen LogP contribution in [0.15, 0.2) is 48.5 Å². The standard InChI is InChI=1S/C27H33NO4/c28-19-22-8-10-24(11-9-22)25-12-14-26(15-13-25)29-17-5-3-1-2-4-7-23-20-31-27(32-21-23)16-6-18-30-27/h8-15,23H,1-7,16-18,20-21H2. The van der Waals surface area contributed by atoms with Crippen molar-refractivity contribution in [3.63, 3.8) is 0 Å². The van der Waals surface area contributed by atoms with Crippen molar-refractivity contribution < 1.29 is 18.9 Å². The van der Waals surface area contributed by atoms with Crippen molar-refractivity contribution in [3.05, 3.63) is 54.1 Å². The van der Waals surface area contributed by atoms with Crippen molar-refractivity contribution in [2.45, 2.75) is 57.3 Å². The normalized spacial score (nSPS) is 22.7. The quantitative estimate of drug-likeness (QED) is 0.424. The summed E-state index contributed by atoms with van der Waals surface area (Å²) >= 11 is 0. The molecule has 0 unspecified atom stereocenters. The summed E-state index contributed by atoms with van der Waals surface area (Å²) in [6.07, 6.45) is 9.03. The minimum Gasteiger partial charge on any atom is -0.494 e. The lowest BCUT2D eigenvalue weighted by atomic mass is 10.0. The Morgan fingerprint density at radius 3 is 2.16 bits per heavy atom. The Morgan fingerprint density at radius 2 is 1.50 bits per heavy atom. The summed E-state index contributed by atoms with van der Waals surface area (Å²) in [4.78, 5) is 0. The van der Waals surface area contributed by atoms with Crippen LogP contribution in [0.3, 0.4) is 0 Å². The second-order valence-electron chi connectivity index (χ2n) is 8.74. The Kier molecular flexibility index (Phi) is 8.17. The third-order valence-electron chi connectivity index (χ3n) is 6.25. The molecule has 0 aromatic heterocycles. The van der Waals surface area contributed by atoms with E-state index in [0.29, 0.717) is 11.5 Å². The van der Waals surface area contributed by atoms with Crippen molar-refractivity contribution >= 4 is 0 Å². The summed E-state index contributed by atoms with van der Waals surface area (Å²) in [6.45, 7) is 3.02. The number of hydrogen-bond acceptors (Lipinski definition) is 5. The summed E-state index contributed by atoms with van der Waals surface area (Å²) < 4.78 is 23.2. The minimum absolute atomic E-state index is 0.500. The van der Waals surface area contributed by atoms with Crippen LogP contribution >= 0.6 is 0 Å². The highest BCUT2D eigenvalue weighted by atomic mass is 16.9. The second kappa shape index (κ2) is 11.5. The van der Waals surface area contributed by atoms with Gasteiger partial charge in [0.15, 0.2) is 0 Å². The fourth-order valence-electron chi connectivity index (χ4n) is 4.30. The molecule has 0 N–H and O–H groups in total. The van der Waals surface area contributed by atoms with E-state index in [0.717, 1.165) is 69.0 Å². The molecule has 5 nitrogen and oxygen atoms in total. The van der Waals surface area contributed by atoms with E-state index in [-0.39, 0.29) is 0 Å². The molecular weight excluding hydrogens is 402 g/mol. The summed E-state index contributed by atoms with van der Waals surface area (Å²) in [7, 11) is 0. The fraction of sp³-hybridized carbons (Fsp3) is 0.519. The smallest absolute Gasteiger partial charge is 0.282 e. The van der Waals surface area contributed by atoms with Crippen LogP contribution in [0, 0.1) is 17.2 Å². The van der Waals surface area contributed by atoms with E-state index in [1.807, 2.05) is 36.4 Å². The largest absolute Gasteiger partial charge is 0.494 e. The first-order chi connectivity index (χ1) is 15.8. The summed E-state index contributed by atoms with van der Waals surface area (Å²) in [6, 6.07) is 18.0. The van der Waals surface area contributed by atoms with E-state index in [1.165, 1.54) is 25.7 Å². The first-order valence-electron chi connectivity index (χ1n) is 11.9. The van der Waals surface area contributed by atoms with E-state index in [2.05, 4.69) is 18.2 Å². The number of rotatable bonds is 10. The van der Waals surface area contributed by atoms with E-state index < -0.39 is 5.97 Å². The highest BCUT2D eigenvalue weighted by Gasteiger charge is 2.41. The molecule has 2 aliphatic rings. The molecule has 0 amide bonds. The predicted octanol–water partition coefficient (Wildman–Crippen LogP) is 6.07. The highest BCUT2D eigenvalue weighted by Crippen LogP contribution is 2.33. The fourth-order valence-corrected chi connectivity index (χ4v) is 4.30. The summed E-state index contributed by atoms with van der Waals surface area (Å²) in [5, 5.41) is 8.91. The van der Waals surface area contributed by atoms with Crippen LogP contribution in [0.4, 0.5) is 0 Å². The lowest BCUT2D eigenvalue weighted by Gasteiger charge is -2.36. The Labute approximate surface area is 191 Å². The van der Waals surface area contributed by atoms with Crippen LogP contribution in [-0.2, 0) is 14.2 Å². The highest BCUT2D eigenvalue weighted by molar-refractivity contribution is 5.64. The van der Waals surface area contributed by atoms with Gasteiger partial charge in [0.2, 0.25) is 0 Å². The molecule has 0 radical (unpaired) electrons. The van der Waals surface area contributed by atoms with Crippen molar-refractivity contribution in [2.75, 3.05) is 26.4 Å². The zero-order chi connectivity index (χ0) is 22.1. The van der Waals surface area contributed by atoms with Gasteiger partial charge in [0, 0.05) is 12.3 Å². The van der Waals surface area contributed by atoms with Crippen LogP contribution < -0.4 is 4.74 Å². The third-order valence-corrected chi connectivity index (χ3v) is 6.25. The van der Waals surface area contributed by atoms with Gasteiger partial charge in [-0.2, -0.15) is 5.26 Å². The van der Waals surface area contributed by atoms with Gasteiger partial charge < -0.3 is 18.9 Å². The molecule has 2 aliphatic heterocycles. The third kappa shape index (κ3) is 6.32. The maximum atomic E-state index is 8.91. The number of unbranched alkanes of at least 4 members (excludes halogenated alkanes) is 4. The molecule has 4 rings (SSSR count). The van der Waals surface area contributed by atoms with Crippen LogP contribution in [0.25, 0.3) is 11.1 Å². The zero-order valence-electron chi connectivity index (χ0n) is 18.8. The van der Waals surface area contributed by atoms with E-state index >= 15 is 0 Å². The monoisotopic (exact) mass is 435 g/mol. The van der Waals surface area contributed by atoms with Crippen molar-refractivity contribution in [1.82, 2.24) is 0 Å². The number of ether oxygens (including phenoxy) is 4. The van der Waals surface area contributed by atoms with Gasteiger partial charge in [0.1, 0.15) is 5.75 Å². The van der Waals surface area contributed by atoms with E-state index in [4.69, 9.17) is 24.2 Å². The topological polar surface area (TPSA) is 60.7 Å². The van der Waals surface area contributed by atoms with Crippen molar-refractivity contribution in [3.8, 4) is 22.9 Å². The first kappa shape index (κ1) is 22.8. The molecule has 0 bridgehead atoms. The molecule has 1 spiro atoms. The van der Waals surface area contributed by atoms with Gasteiger partial charge in [-0.05, 0) is 54.7 Å². The molecule has 0 atom stereocenters. The van der Waals surface area contributed by atoms with Crippen LogP contribution in [0.2, 0.25) is 0 Å². The molecule has 2 aromatic rings. The lowest BCUT2D eigenvalue weighted by molar-refractivity contribution is -0.390. The SMILES string of the molecule is N#Cc1ccc(-c2ccc(OCCCCCCCC3COC4(CCCO4)OC3)cc2)cc1. The number of benzene rings is 2. The van der Waals surface area contributed by atoms with E-state index in [1.54, 1.807) is 0 Å². The molecule has 0 aliphatic carbocycles. The van der Waals surface area contributed by atoms with Crippen LogP contribution in [0.1, 0.15) is 56.9 Å². The summed E-state index contributed by atoms with van der Waals surface area (Å²) in [5.41, 5.74) is 2.91.